The monoisotopic (exact) mass is 203 g/mol. The van der Waals surface area contributed by atoms with Gasteiger partial charge in [-0.3, -0.25) is 4.79 Å². The van der Waals surface area contributed by atoms with Crippen LogP contribution in [0.1, 0.15) is 12.8 Å². The zero-order valence-electron chi connectivity index (χ0n) is 8.12. The number of hydrogen-bond donors (Lipinski definition) is 0. The van der Waals surface area contributed by atoms with Gasteiger partial charge in [-0.2, -0.15) is 0 Å². The molecule has 1 rings (SSSR count). The maximum absolute atomic E-state index is 11.5. The van der Waals surface area contributed by atoms with Crippen molar-refractivity contribution in [1.82, 2.24) is 4.90 Å². The summed E-state index contributed by atoms with van der Waals surface area (Å²) < 4.78 is 4.90. The number of carbonyl (C=O) groups is 1. The Bertz CT molecular complexity index is 158. The van der Waals surface area contributed by atoms with Crippen molar-refractivity contribution >= 4 is 17.7 Å². The third-order valence-corrected chi connectivity index (χ3v) is 3.02. The van der Waals surface area contributed by atoms with Gasteiger partial charge in [-0.15, -0.1) is 11.8 Å². The zero-order chi connectivity index (χ0) is 9.52. The van der Waals surface area contributed by atoms with E-state index in [1.165, 1.54) is 12.8 Å². The second kappa shape index (κ2) is 6.27. The number of thioether (sulfide) groups is 1. The number of rotatable bonds is 5. The Morgan fingerprint density at radius 2 is 2.15 bits per heavy atom. The number of methoxy groups -OCH3 is 1. The van der Waals surface area contributed by atoms with E-state index in [9.17, 15) is 4.79 Å². The average Bonchev–Trinajstić information content (AvgIpc) is 2.65. The number of amides is 1. The molecule has 0 N–H and O–H groups in total. The highest BCUT2D eigenvalue weighted by molar-refractivity contribution is 7.99. The predicted molar refractivity (Wildman–Crippen MR) is 55.0 cm³/mol. The molecule has 1 fully saturated rings. The second-order valence-corrected chi connectivity index (χ2v) is 4.24. The van der Waals surface area contributed by atoms with E-state index in [4.69, 9.17) is 4.74 Å². The molecule has 0 atom stereocenters. The predicted octanol–water partition coefficient (Wildman–Crippen LogP) is 0.988. The fraction of sp³-hybridized carbons (Fsp3) is 0.889. The minimum Gasteiger partial charge on any atom is -0.384 e. The number of hydrogen-bond acceptors (Lipinski definition) is 3. The summed E-state index contributed by atoms with van der Waals surface area (Å²) in [7, 11) is 1.68. The summed E-state index contributed by atoms with van der Waals surface area (Å²) in [5.41, 5.74) is 0. The van der Waals surface area contributed by atoms with Gasteiger partial charge in [0, 0.05) is 26.0 Å². The molecule has 1 saturated heterocycles. The Morgan fingerprint density at radius 1 is 1.46 bits per heavy atom. The van der Waals surface area contributed by atoms with Gasteiger partial charge in [0.2, 0.25) is 5.91 Å². The highest BCUT2D eigenvalue weighted by Crippen LogP contribution is 2.10. The van der Waals surface area contributed by atoms with Crippen LogP contribution in [0, 0.1) is 0 Å². The van der Waals surface area contributed by atoms with Crippen LogP contribution in [0.3, 0.4) is 0 Å². The lowest BCUT2D eigenvalue weighted by atomic mass is 10.4. The SMILES string of the molecule is COCCSCC(=O)N1CCCC1. The van der Waals surface area contributed by atoms with Crippen LogP contribution in [0.25, 0.3) is 0 Å². The molecule has 1 aliphatic rings. The first-order chi connectivity index (χ1) is 6.34. The van der Waals surface area contributed by atoms with Gasteiger partial charge >= 0.3 is 0 Å². The first-order valence-corrected chi connectivity index (χ1v) is 5.84. The lowest BCUT2D eigenvalue weighted by Gasteiger charge is -2.14. The van der Waals surface area contributed by atoms with Crippen molar-refractivity contribution in [1.29, 1.82) is 0 Å². The van der Waals surface area contributed by atoms with Crippen LogP contribution in [0.15, 0.2) is 0 Å². The van der Waals surface area contributed by atoms with Gasteiger partial charge in [0.05, 0.1) is 12.4 Å². The highest BCUT2D eigenvalue weighted by Gasteiger charge is 2.16. The summed E-state index contributed by atoms with van der Waals surface area (Å²) in [6.45, 7) is 2.66. The third kappa shape index (κ3) is 4.00. The lowest BCUT2D eigenvalue weighted by molar-refractivity contribution is -0.127. The van der Waals surface area contributed by atoms with Crippen LogP contribution in [0.4, 0.5) is 0 Å². The van der Waals surface area contributed by atoms with Gasteiger partial charge in [-0.1, -0.05) is 0 Å². The van der Waals surface area contributed by atoms with Crippen LogP contribution in [-0.4, -0.2) is 49.1 Å². The summed E-state index contributed by atoms with van der Waals surface area (Å²) in [6, 6.07) is 0. The maximum atomic E-state index is 11.5. The molecule has 0 bridgehead atoms. The van der Waals surface area contributed by atoms with Gasteiger partial charge in [-0.05, 0) is 12.8 Å². The Kier molecular flexibility index (Phi) is 5.23. The quantitative estimate of drug-likeness (QED) is 0.624. The summed E-state index contributed by atoms with van der Waals surface area (Å²) in [6.07, 6.45) is 2.35. The van der Waals surface area contributed by atoms with Crippen LogP contribution in [0.5, 0.6) is 0 Å². The van der Waals surface area contributed by atoms with Gasteiger partial charge in [0.1, 0.15) is 0 Å². The van der Waals surface area contributed by atoms with E-state index in [0.29, 0.717) is 11.7 Å². The van der Waals surface area contributed by atoms with E-state index in [2.05, 4.69) is 0 Å². The minimum absolute atomic E-state index is 0.290. The Labute approximate surface area is 83.8 Å². The fourth-order valence-corrected chi connectivity index (χ4v) is 2.15. The molecule has 4 heteroatoms. The first-order valence-electron chi connectivity index (χ1n) is 4.69. The lowest BCUT2D eigenvalue weighted by Crippen LogP contribution is -2.29. The molecule has 0 aromatic carbocycles. The molecule has 0 radical (unpaired) electrons. The largest absolute Gasteiger partial charge is 0.384 e. The fourth-order valence-electron chi connectivity index (χ4n) is 1.36. The van der Waals surface area contributed by atoms with Crippen LogP contribution < -0.4 is 0 Å². The molecule has 13 heavy (non-hydrogen) atoms. The van der Waals surface area contributed by atoms with Crippen molar-refractivity contribution in [2.45, 2.75) is 12.8 Å². The van der Waals surface area contributed by atoms with Gasteiger partial charge in [-0.25, -0.2) is 0 Å². The van der Waals surface area contributed by atoms with E-state index in [1.807, 2.05) is 4.90 Å². The third-order valence-electron chi connectivity index (χ3n) is 2.12. The second-order valence-electron chi connectivity index (χ2n) is 3.13. The van der Waals surface area contributed by atoms with Crippen molar-refractivity contribution in [3.05, 3.63) is 0 Å². The van der Waals surface area contributed by atoms with E-state index in [1.54, 1.807) is 18.9 Å². The van der Waals surface area contributed by atoms with E-state index in [0.717, 1.165) is 25.4 Å². The van der Waals surface area contributed by atoms with Gasteiger partial charge in [0.25, 0.3) is 0 Å². The summed E-state index contributed by atoms with van der Waals surface area (Å²) in [5.74, 6) is 1.82. The van der Waals surface area contributed by atoms with Crippen molar-refractivity contribution in [3.63, 3.8) is 0 Å². The van der Waals surface area contributed by atoms with Crippen molar-refractivity contribution < 1.29 is 9.53 Å². The number of nitrogens with zero attached hydrogens (tertiary/aromatic N) is 1. The van der Waals surface area contributed by atoms with E-state index < -0.39 is 0 Å². The smallest absolute Gasteiger partial charge is 0.232 e. The van der Waals surface area contributed by atoms with Gasteiger partial charge in [0.15, 0.2) is 0 Å². The Hall–Kier alpha value is -0.220. The summed E-state index contributed by atoms with van der Waals surface area (Å²) in [4.78, 5) is 13.4. The zero-order valence-corrected chi connectivity index (χ0v) is 8.94. The summed E-state index contributed by atoms with van der Waals surface area (Å²) >= 11 is 1.66. The molecule has 0 aromatic rings. The van der Waals surface area contributed by atoms with Crippen LogP contribution >= 0.6 is 11.8 Å². The summed E-state index contributed by atoms with van der Waals surface area (Å²) in [5, 5.41) is 0. The molecule has 1 amide bonds. The van der Waals surface area contributed by atoms with Gasteiger partial charge < -0.3 is 9.64 Å². The molecular weight excluding hydrogens is 186 g/mol. The molecular formula is C9H17NO2S. The molecule has 1 aliphatic heterocycles. The number of carbonyl (C=O) groups excluding carboxylic acids is 1. The molecule has 0 spiro atoms. The number of ether oxygens (including phenoxy) is 1. The maximum Gasteiger partial charge on any atom is 0.232 e. The molecule has 1 heterocycles. The van der Waals surface area contributed by atoms with Crippen LogP contribution in [0.2, 0.25) is 0 Å². The molecule has 0 saturated carbocycles. The highest BCUT2D eigenvalue weighted by atomic mass is 32.2. The molecule has 3 nitrogen and oxygen atoms in total. The standard InChI is InChI=1S/C9H17NO2S/c1-12-6-7-13-8-9(11)10-4-2-3-5-10/h2-8H2,1H3. The molecule has 0 aromatic heterocycles. The van der Waals surface area contributed by atoms with Crippen LogP contribution in [-0.2, 0) is 9.53 Å². The minimum atomic E-state index is 0.290. The Balaban J connectivity index is 2.03. The van der Waals surface area contributed by atoms with E-state index >= 15 is 0 Å². The Morgan fingerprint density at radius 3 is 2.77 bits per heavy atom. The first kappa shape index (κ1) is 10.9. The molecule has 0 unspecified atom stereocenters. The van der Waals surface area contributed by atoms with Crippen molar-refractivity contribution in [2.24, 2.45) is 0 Å². The average molecular weight is 203 g/mol. The number of likely N-dealkylation sites (tertiary alicyclic amines) is 1. The van der Waals surface area contributed by atoms with E-state index in [-0.39, 0.29) is 0 Å². The van der Waals surface area contributed by atoms with Crippen molar-refractivity contribution in [3.8, 4) is 0 Å². The van der Waals surface area contributed by atoms with Crippen molar-refractivity contribution in [2.75, 3.05) is 38.3 Å². The topological polar surface area (TPSA) is 29.5 Å². The molecule has 76 valence electrons. The normalized spacial score (nSPS) is 16.5. The molecule has 0 aliphatic carbocycles.